The van der Waals surface area contributed by atoms with Crippen LogP contribution in [0.25, 0.3) is 10.4 Å². The summed E-state index contributed by atoms with van der Waals surface area (Å²) in [5, 5.41) is 3.74. The average molecular weight is 543 g/mol. The highest BCUT2D eigenvalue weighted by atomic mass is 79.9. The Morgan fingerprint density at radius 1 is 1.31 bits per heavy atom. The Hall–Kier alpha value is -1.49. The van der Waals surface area contributed by atoms with Crippen molar-refractivity contribution >= 4 is 43.1 Å². The standard InChI is InChI=1S/C22H28BrN3O4S2/c1-13(2)30-22(27)26-16-6-3-14(4-7-16)21-25-10-19(31-21)18-8-5-15(23)9-20(18)32(24,28)17-11-29-12-17/h5,8-10,13-14,16-17,24H,3-4,6-7,11-12H2,1-2H3,(H,26,27). The minimum absolute atomic E-state index is 0.126. The number of amides is 1. The van der Waals surface area contributed by atoms with Crippen LogP contribution in [0.1, 0.15) is 50.5 Å². The van der Waals surface area contributed by atoms with Gasteiger partial charge in [-0.25, -0.2) is 18.8 Å². The van der Waals surface area contributed by atoms with Crippen LogP contribution in [0.2, 0.25) is 0 Å². The lowest BCUT2D eigenvalue weighted by atomic mass is 9.86. The van der Waals surface area contributed by atoms with Gasteiger partial charge in [0.2, 0.25) is 0 Å². The van der Waals surface area contributed by atoms with Crippen LogP contribution in [0.15, 0.2) is 33.8 Å². The van der Waals surface area contributed by atoms with E-state index in [2.05, 4.69) is 26.2 Å². The number of hydrogen-bond acceptors (Lipinski definition) is 7. The molecule has 0 bridgehead atoms. The second kappa shape index (κ2) is 9.79. The second-order valence-corrected chi connectivity index (χ2v) is 12.9. The number of nitrogens with one attached hydrogen (secondary N) is 2. The summed E-state index contributed by atoms with van der Waals surface area (Å²) in [7, 11) is -2.97. The molecule has 1 amide bonds. The number of thiazole rings is 1. The number of nitrogens with zero attached hydrogens (tertiary/aromatic N) is 1. The Morgan fingerprint density at radius 2 is 2.03 bits per heavy atom. The summed E-state index contributed by atoms with van der Waals surface area (Å²) >= 11 is 5.07. The molecule has 10 heteroatoms. The van der Waals surface area contributed by atoms with Crippen LogP contribution in [-0.4, -0.2) is 45.9 Å². The van der Waals surface area contributed by atoms with Crippen molar-refractivity contribution in [1.82, 2.24) is 10.3 Å². The van der Waals surface area contributed by atoms with Crippen molar-refractivity contribution in [2.75, 3.05) is 13.2 Å². The number of carbonyl (C=O) groups excluding carboxylic acids is 1. The molecule has 1 saturated carbocycles. The molecule has 2 aliphatic rings. The van der Waals surface area contributed by atoms with E-state index in [4.69, 9.17) is 14.3 Å². The summed E-state index contributed by atoms with van der Waals surface area (Å²) in [4.78, 5) is 18.0. The van der Waals surface area contributed by atoms with Crippen LogP contribution in [0.4, 0.5) is 4.79 Å². The fourth-order valence-electron chi connectivity index (χ4n) is 4.04. The van der Waals surface area contributed by atoms with E-state index in [9.17, 15) is 9.00 Å². The number of carbonyl (C=O) groups is 1. The Kier molecular flexibility index (Phi) is 7.24. The molecule has 7 nitrogen and oxygen atoms in total. The molecule has 0 radical (unpaired) electrons. The number of hydrogen-bond donors (Lipinski definition) is 2. The normalized spacial score (nSPS) is 23.4. The second-order valence-electron chi connectivity index (χ2n) is 8.61. The number of alkyl carbamates (subject to hydrolysis) is 1. The first-order valence-electron chi connectivity index (χ1n) is 10.8. The largest absolute Gasteiger partial charge is 0.447 e. The molecule has 4 rings (SSSR count). The van der Waals surface area contributed by atoms with Crippen molar-refractivity contribution in [3.8, 4) is 10.4 Å². The minimum Gasteiger partial charge on any atom is -0.447 e. The Labute approximate surface area is 201 Å². The number of benzene rings is 1. The van der Waals surface area contributed by atoms with Gasteiger partial charge in [-0.1, -0.05) is 22.0 Å². The maximum atomic E-state index is 13.3. The van der Waals surface area contributed by atoms with Crippen LogP contribution >= 0.6 is 27.3 Å². The third kappa shape index (κ3) is 5.18. The van der Waals surface area contributed by atoms with Crippen molar-refractivity contribution in [1.29, 1.82) is 4.78 Å². The molecule has 1 aliphatic carbocycles. The molecule has 2 fully saturated rings. The maximum absolute atomic E-state index is 13.3. The third-order valence-electron chi connectivity index (χ3n) is 5.88. The van der Waals surface area contributed by atoms with E-state index < -0.39 is 9.73 Å². The molecule has 2 N–H and O–H groups in total. The number of rotatable bonds is 6. The van der Waals surface area contributed by atoms with Crippen LogP contribution in [-0.2, 0) is 19.2 Å². The summed E-state index contributed by atoms with van der Waals surface area (Å²) in [6, 6.07) is 5.77. The summed E-state index contributed by atoms with van der Waals surface area (Å²) in [6.07, 6.45) is 5.03. The van der Waals surface area contributed by atoms with E-state index in [1.807, 2.05) is 32.2 Å². The zero-order valence-electron chi connectivity index (χ0n) is 18.1. The van der Waals surface area contributed by atoms with Gasteiger partial charge in [0.15, 0.2) is 0 Å². The molecule has 1 aromatic heterocycles. The van der Waals surface area contributed by atoms with Crippen molar-refractivity contribution in [3.05, 3.63) is 33.9 Å². The van der Waals surface area contributed by atoms with Gasteiger partial charge >= 0.3 is 6.09 Å². The van der Waals surface area contributed by atoms with Gasteiger partial charge in [0.05, 0.1) is 49.1 Å². The highest BCUT2D eigenvalue weighted by Crippen LogP contribution is 2.41. The molecule has 1 aliphatic heterocycles. The Morgan fingerprint density at radius 3 is 2.66 bits per heavy atom. The molecule has 1 unspecified atom stereocenters. The summed E-state index contributed by atoms with van der Waals surface area (Å²) in [5.41, 5.74) is 0.815. The quantitative estimate of drug-likeness (QED) is 0.499. The predicted octanol–water partition coefficient (Wildman–Crippen LogP) is 5.54. The van der Waals surface area contributed by atoms with E-state index in [1.54, 1.807) is 17.4 Å². The molecular weight excluding hydrogens is 514 g/mol. The van der Waals surface area contributed by atoms with Gasteiger partial charge in [-0.15, -0.1) is 11.3 Å². The van der Waals surface area contributed by atoms with Crippen LogP contribution in [0.3, 0.4) is 0 Å². The Bertz CT molecular complexity index is 1070. The van der Waals surface area contributed by atoms with Crippen molar-refractivity contribution in [2.24, 2.45) is 0 Å². The minimum atomic E-state index is -2.97. The molecule has 2 aromatic rings. The van der Waals surface area contributed by atoms with Crippen molar-refractivity contribution in [2.45, 2.75) is 67.7 Å². The monoisotopic (exact) mass is 541 g/mol. The highest BCUT2D eigenvalue weighted by Gasteiger charge is 2.33. The molecule has 2 heterocycles. The number of halogens is 1. The van der Waals surface area contributed by atoms with Crippen LogP contribution < -0.4 is 5.32 Å². The lowest BCUT2D eigenvalue weighted by Crippen LogP contribution is -2.40. The first-order chi connectivity index (χ1) is 15.2. The Balaban J connectivity index is 1.47. The zero-order valence-corrected chi connectivity index (χ0v) is 21.4. The van der Waals surface area contributed by atoms with Gasteiger partial charge in [0.1, 0.15) is 0 Å². The SMILES string of the molecule is CC(C)OC(=O)NC1CCC(c2ncc(-c3ccc(Br)cc3S(=N)(=O)C3COC3)s2)CC1. The van der Waals surface area contributed by atoms with Gasteiger partial charge in [-0.3, -0.25) is 0 Å². The summed E-state index contributed by atoms with van der Waals surface area (Å²) < 4.78 is 33.1. The molecule has 1 aromatic carbocycles. The van der Waals surface area contributed by atoms with Crippen molar-refractivity contribution in [3.63, 3.8) is 0 Å². The fraction of sp³-hybridized carbons (Fsp3) is 0.545. The molecule has 1 saturated heterocycles. The predicted molar refractivity (Wildman–Crippen MR) is 129 cm³/mol. The van der Waals surface area contributed by atoms with E-state index in [0.717, 1.165) is 45.6 Å². The molecule has 32 heavy (non-hydrogen) atoms. The zero-order chi connectivity index (χ0) is 22.9. The van der Waals surface area contributed by atoms with Gasteiger partial charge in [-0.2, -0.15) is 0 Å². The van der Waals surface area contributed by atoms with Gasteiger partial charge in [-0.05, 0) is 51.7 Å². The van der Waals surface area contributed by atoms with E-state index in [0.29, 0.717) is 24.0 Å². The van der Waals surface area contributed by atoms with E-state index in [-0.39, 0.29) is 23.5 Å². The average Bonchev–Trinajstić information content (AvgIpc) is 3.16. The maximum Gasteiger partial charge on any atom is 0.407 e. The first kappa shape index (κ1) is 23.7. The van der Waals surface area contributed by atoms with Gasteiger partial charge in [0, 0.05) is 28.2 Å². The fourth-order valence-corrected chi connectivity index (χ4v) is 7.48. The molecular formula is C22H28BrN3O4S2. The molecule has 0 spiro atoms. The lowest BCUT2D eigenvalue weighted by molar-refractivity contribution is 0.0427. The molecule has 1 atom stereocenters. The van der Waals surface area contributed by atoms with E-state index >= 15 is 0 Å². The van der Waals surface area contributed by atoms with Crippen LogP contribution in [0, 0.1) is 4.78 Å². The first-order valence-corrected chi connectivity index (χ1v) is 14.0. The van der Waals surface area contributed by atoms with Gasteiger partial charge < -0.3 is 14.8 Å². The number of ether oxygens (including phenoxy) is 2. The van der Waals surface area contributed by atoms with Gasteiger partial charge in [0.25, 0.3) is 0 Å². The summed E-state index contributed by atoms with van der Waals surface area (Å²) in [6.45, 7) is 4.41. The third-order valence-corrected chi connectivity index (χ3v) is 9.77. The van der Waals surface area contributed by atoms with E-state index in [1.165, 1.54) is 0 Å². The lowest BCUT2D eigenvalue weighted by Gasteiger charge is -2.29. The van der Waals surface area contributed by atoms with Crippen molar-refractivity contribution < 1.29 is 18.5 Å². The summed E-state index contributed by atoms with van der Waals surface area (Å²) in [5.74, 6) is 0.340. The topological polar surface area (TPSA) is 101 Å². The highest BCUT2D eigenvalue weighted by molar-refractivity contribution is 9.10. The number of aromatic nitrogens is 1. The van der Waals surface area contributed by atoms with Crippen LogP contribution in [0.5, 0.6) is 0 Å². The smallest absolute Gasteiger partial charge is 0.407 e. The molecule has 174 valence electrons.